The van der Waals surface area contributed by atoms with E-state index >= 15 is 0 Å². The number of nitrogens with one attached hydrogen (secondary N) is 1. The summed E-state index contributed by atoms with van der Waals surface area (Å²) < 4.78 is 22.6. The molecule has 0 saturated carbocycles. The lowest BCUT2D eigenvalue weighted by molar-refractivity contribution is 0.609. The molecule has 2 aromatic rings. The highest BCUT2D eigenvalue weighted by Gasteiger charge is 2.12. The average molecular weight is 310 g/mol. The maximum absolute atomic E-state index is 11.3. The van der Waals surface area contributed by atoms with Gasteiger partial charge in [-0.1, -0.05) is 18.2 Å². The van der Waals surface area contributed by atoms with E-state index < -0.39 is 9.05 Å². The van der Waals surface area contributed by atoms with E-state index in [0.29, 0.717) is 17.1 Å². The van der Waals surface area contributed by atoms with E-state index in [2.05, 4.69) is 15.5 Å². The minimum absolute atomic E-state index is 0.0159. The lowest BCUT2D eigenvalue weighted by Crippen LogP contribution is -1.94. The Hall–Kier alpha value is -1.92. The molecular formula is C13H12ClN3O2S. The van der Waals surface area contributed by atoms with Gasteiger partial charge in [0.1, 0.15) is 5.69 Å². The second-order valence-corrected chi connectivity index (χ2v) is 6.47. The monoisotopic (exact) mass is 309 g/mol. The summed E-state index contributed by atoms with van der Waals surface area (Å²) in [5, 5.41) is 11.0. The molecule has 0 fully saturated rings. The quantitative estimate of drug-likeness (QED) is 0.683. The molecular weight excluding hydrogens is 298 g/mol. The average Bonchev–Trinajstić information content (AvgIpc) is 2.45. The first kappa shape index (κ1) is 14.5. The summed E-state index contributed by atoms with van der Waals surface area (Å²) in [4.78, 5) is 0.0159. The van der Waals surface area contributed by atoms with Gasteiger partial charge in [-0.2, -0.15) is 5.11 Å². The summed E-state index contributed by atoms with van der Waals surface area (Å²) in [6, 6.07) is 13.6. The fourth-order valence-electron chi connectivity index (χ4n) is 1.56. The first-order valence-electron chi connectivity index (χ1n) is 5.74. The maximum atomic E-state index is 11.3. The van der Waals surface area contributed by atoms with Crippen molar-refractivity contribution < 1.29 is 8.42 Å². The van der Waals surface area contributed by atoms with Crippen LogP contribution < -0.4 is 5.32 Å². The van der Waals surface area contributed by atoms with Crippen LogP contribution in [-0.4, -0.2) is 15.5 Å². The van der Waals surface area contributed by atoms with Crippen molar-refractivity contribution >= 4 is 36.8 Å². The maximum Gasteiger partial charge on any atom is 0.261 e. The van der Waals surface area contributed by atoms with Crippen LogP contribution in [0.2, 0.25) is 0 Å². The highest BCUT2D eigenvalue weighted by atomic mass is 35.7. The first-order chi connectivity index (χ1) is 9.50. The van der Waals surface area contributed by atoms with Crippen LogP contribution in [0.25, 0.3) is 0 Å². The molecule has 0 aliphatic rings. The predicted molar refractivity (Wildman–Crippen MR) is 79.6 cm³/mol. The number of hydrogen-bond donors (Lipinski definition) is 1. The van der Waals surface area contributed by atoms with Crippen LogP contribution in [0.15, 0.2) is 63.7 Å². The van der Waals surface area contributed by atoms with Crippen molar-refractivity contribution in [2.24, 2.45) is 10.2 Å². The van der Waals surface area contributed by atoms with Gasteiger partial charge in [0, 0.05) is 17.7 Å². The number of rotatable bonds is 4. The fourth-order valence-corrected chi connectivity index (χ4v) is 2.34. The molecule has 0 heterocycles. The third-order valence-electron chi connectivity index (χ3n) is 2.55. The minimum atomic E-state index is -3.76. The molecule has 0 radical (unpaired) electrons. The minimum Gasteiger partial charge on any atom is -0.386 e. The molecule has 0 atom stereocenters. The van der Waals surface area contributed by atoms with Crippen molar-refractivity contribution in [3.8, 4) is 0 Å². The van der Waals surface area contributed by atoms with Crippen molar-refractivity contribution in [1.29, 1.82) is 0 Å². The predicted octanol–water partition coefficient (Wildman–Crippen LogP) is 4.07. The number of nitrogens with zero attached hydrogens (tertiary/aromatic N) is 2. The lowest BCUT2D eigenvalue weighted by Gasteiger charge is -2.05. The van der Waals surface area contributed by atoms with Crippen LogP contribution >= 0.6 is 10.7 Å². The Kier molecular flexibility index (Phi) is 4.36. The summed E-state index contributed by atoms with van der Waals surface area (Å²) in [6.07, 6.45) is 0. The van der Waals surface area contributed by atoms with E-state index in [1.807, 2.05) is 30.3 Å². The Morgan fingerprint density at radius 1 is 1.05 bits per heavy atom. The lowest BCUT2D eigenvalue weighted by atomic mass is 10.3. The third-order valence-corrected chi connectivity index (χ3v) is 3.90. The molecule has 0 aliphatic heterocycles. The zero-order valence-electron chi connectivity index (χ0n) is 10.6. The normalized spacial score (nSPS) is 11.7. The van der Waals surface area contributed by atoms with Gasteiger partial charge in [0.2, 0.25) is 0 Å². The molecule has 0 amide bonds. The number of hydrogen-bond acceptors (Lipinski definition) is 5. The van der Waals surface area contributed by atoms with Crippen LogP contribution in [-0.2, 0) is 9.05 Å². The molecule has 0 saturated heterocycles. The Labute approximate surface area is 121 Å². The van der Waals surface area contributed by atoms with Crippen LogP contribution in [0.4, 0.5) is 17.1 Å². The SMILES string of the molecule is CNc1cc(S(=O)(=O)Cl)ccc1/N=N/c1ccccc1. The van der Waals surface area contributed by atoms with Crippen molar-refractivity contribution in [1.82, 2.24) is 0 Å². The van der Waals surface area contributed by atoms with Gasteiger partial charge in [0.25, 0.3) is 9.05 Å². The molecule has 2 aromatic carbocycles. The Morgan fingerprint density at radius 3 is 2.35 bits per heavy atom. The number of anilines is 1. The van der Waals surface area contributed by atoms with E-state index in [0.717, 1.165) is 0 Å². The van der Waals surface area contributed by atoms with Gasteiger partial charge in [0.05, 0.1) is 16.3 Å². The van der Waals surface area contributed by atoms with Crippen LogP contribution in [0.3, 0.4) is 0 Å². The Morgan fingerprint density at radius 2 is 1.75 bits per heavy atom. The summed E-state index contributed by atoms with van der Waals surface area (Å²) in [6.45, 7) is 0. The molecule has 0 spiro atoms. The second kappa shape index (κ2) is 6.02. The van der Waals surface area contributed by atoms with Gasteiger partial charge >= 0.3 is 0 Å². The molecule has 0 bridgehead atoms. The summed E-state index contributed by atoms with van der Waals surface area (Å²) >= 11 is 0. The topological polar surface area (TPSA) is 70.9 Å². The third kappa shape index (κ3) is 3.55. The zero-order chi connectivity index (χ0) is 14.6. The summed E-state index contributed by atoms with van der Waals surface area (Å²) in [7, 11) is 3.21. The van der Waals surface area contributed by atoms with Crippen LogP contribution in [0, 0.1) is 0 Å². The number of halogens is 1. The van der Waals surface area contributed by atoms with Gasteiger partial charge in [0.15, 0.2) is 0 Å². The van der Waals surface area contributed by atoms with Crippen molar-refractivity contribution in [2.75, 3.05) is 12.4 Å². The zero-order valence-corrected chi connectivity index (χ0v) is 12.2. The van der Waals surface area contributed by atoms with Crippen molar-refractivity contribution in [3.63, 3.8) is 0 Å². The van der Waals surface area contributed by atoms with E-state index in [4.69, 9.17) is 10.7 Å². The van der Waals surface area contributed by atoms with Crippen LogP contribution in [0.1, 0.15) is 0 Å². The molecule has 1 N–H and O–H groups in total. The molecule has 7 heteroatoms. The van der Waals surface area contributed by atoms with Crippen molar-refractivity contribution in [3.05, 3.63) is 48.5 Å². The molecule has 20 heavy (non-hydrogen) atoms. The second-order valence-electron chi connectivity index (χ2n) is 3.90. The molecule has 0 aromatic heterocycles. The molecule has 0 unspecified atom stereocenters. The standard InChI is InChI=1S/C13H12ClN3O2S/c1-15-13-9-11(20(14,18)19)7-8-12(13)17-16-10-5-3-2-4-6-10/h2-9,15H,1H3/b17-16+. The van der Waals surface area contributed by atoms with Gasteiger partial charge in [-0.05, 0) is 30.3 Å². The van der Waals surface area contributed by atoms with Gasteiger partial charge in [-0.25, -0.2) is 8.42 Å². The van der Waals surface area contributed by atoms with Gasteiger partial charge in [-0.15, -0.1) is 5.11 Å². The number of benzene rings is 2. The molecule has 0 aliphatic carbocycles. The van der Waals surface area contributed by atoms with E-state index in [-0.39, 0.29) is 4.90 Å². The summed E-state index contributed by atoms with van der Waals surface area (Å²) in [5.74, 6) is 0. The fraction of sp³-hybridized carbons (Fsp3) is 0.0769. The highest BCUT2D eigenvalue weighted by molar-refractivity contribution is 8.13. The van der Waals surface area contributed by atoms with Crippen LogP contribution in [0.5, 0.6) is 0 Å². The van der Waals surface area contributed by atoms with E-state index in [1.54, 1.807) is 13.1 Å². The largest absolute Gasteiger partial charge is 0.386 e. The first-order valence-corrected chi connectivity index (χ1v) is 8.05. The highest BCUT2D eigenvalue weighted by Crippen LogP contribution is 2.30. The Bertz CT molecular complexity index is 731. The van der Waals surface area contributed by atoms with E-state index in [9.17, 15) is 8.42 Å². The van der Waals surface area contributed by atoms with Gasteiger partial charge < -0.3 is 5.32 Å². The molecule has 2 rings (SSSR count). The van der Waals surface area contributed by atoms with Gasteiger partial charge in [-0.3, -0.25) is 0 Å². The van der Waals surface area contributed by atoms with E-state index in [1.165, 1.54) is 12.1 Å². The Balaban J connectivity index is 2.36. The summed E-state index contributed by atoms with van der Waals surface area (Å²) in [5.41, 5.74) is 1.77. The molecule has 104 valence electrons. The molecule has 5 nitrogen and oxygen atoms in total. The van der Waals surface area contributed by atoms with Crippen molar-refractivity contribution in [2.45, 2.75) is 4.90 Å². The smallest absolute Gasteiger partial charge is 0.261 e. The number of azo groups is 1.